The molecule has 1 aliphatic heterocycles. The van der Waals surface area contributed by atoms with E-state index in [1.54, 1.807) is 12.4 Å². The van der Waals surface area contributed by atoms with E-state index in [1.807, 2.05) is 6.07 Å². The number of hydrogen-bond donors (Lipinski definition) is 1. The Morgan fingerprint density at radius 2 is 1.95 bits per heavy atom. The maximum absolute atomic E-state index is 12.5. The molecule has 4 rings (SSSR count). The van der Waals surface area contributed by atoms with Crippen LogP contribution in [0, 0.1) is 0 Å². The van der Waals surface area contributed by atoms with Gasteiger partial charge in [-0.2, -0.15) is 4.68 Å². The number of rotatable bonds is 3. The van der Waals surface area contributed by atoms with Crippen molar-refractivity contribution < 1.29 is 0 Å². The van der Waals surface area contributed by atoms with Crippen LogP contribution in [0.25, 0.3) is 11.5 Å². The molecule has 0 aliphatic carbocycles. The molecule has 0 atom stereocenters. The summed E-state index contributed by atoms with van der Waals surface area (Å²) in [7, 11) is 0. The molecule has 0 saturated carbocycles. The fourth-order valence-corrected chi connectivity index (χ4v) is 2.61. The Labute approximate surface area is 125 Å². The third-order valence-electron chi connectivity index (χ3n) is 3.72. The zero-order chi connectivity index (χ0) is 14.9. The minimum absolute atomic E-state index is 0.239. The van der Waals surface area contributed by atoms with Crippen molar-refractivity contribution in [3.63, 3.8) is 0 Å². The van der Waals surface area contributed by atoms with Crippen molar-refractivity contribution in [2.24, 2.45) is 0 Å². The van der Waals surface area contributed by atoms with E-state index in [-0.39, 0.29) is 5.56 Å². The first-order chi connectivity index (χ1) is 10.8. The molecule has 0 unspecified atom stereocenters. The monoisotopic (exact) mass is 298 g/mol. The van der Waals surface area contributed by atoms with Gasteiger partial charge in [-0.25, -0.2) is 14.6 Å². The van der Waals surface area contributed by atoms with Crippen LogP contribution in [0.4, 0.5) is 5.82 Å². The van der Waals surface area contributed by atoms with E-state index >= 15 is 0 Å². The van der Waals surface area contributed by atoms with E-state index in [9.17, 15) is 4.79 Å². The summed E-state index contributed by atoms with van der Waals surface area (Å²) in [4.78, 5) is 23.1. The Kier molecular flexibility index (Phi) is 2.95. The van der Waals surface area contributed by atoms with Crippen molar-refractivity contribution in [3.8, 4) is 11.5 Å². The first-order valence-corrected chi connectivity index (χ1v) is 7.07. The molecular formula is C13H14N8O. The van der Waals surface area contributed by atoms with Crippen LogP contribution in [0.3, 0.4) is 0 Å². The maximum Gasteiger partial charge on any atom is 0.298 e. The smallest absolute Gasteiger partial charge is 0.298 e. The molecule has 1 fully saturated rings. The van der Waals surface area contributed by atoms with Gasteiger partial charge in [0, 0.05) is 19.2 Å². The second-order valence-corrected chi connectivity index (χ2v) is 5.08. The summed E-state index contributed by atoms with van der Waals surface area (Å²) in [6.45, 7) is 1.97. The van der Waals surface area contributed by atoms with Gasteiger partial charge in [0.05, 0.1) is 18.6 Å². The Morgan fingerprint density at radius 3 is 2.73 bits per heavy atom. The molecule has 0 aromatic carbocycles. The van der Waals surface area contributed by atoms with E-state index in [2.05, 4.69) is 30.3 Å². The molecule has 4 heterocycles. The van der Waals surface area contributed by atoms with Gasteiger partial charge in [0.15, 0.2) is 11.5 Å². The molecular weight excluding hydrogens is 284 g/mol. The third kappa shape index (κ3) is 2.07. The van der Waals surface area contributed by atoms with Crippen LogP contribution < -0.4 is 10.5 Å². The third-order valence-corrected chi connectivity index (χ3v) is 3.72. The van der Waals surface area contributed by atoms with Crippen LogP contribution in [0.1, 0.15) is 12.8 Å². The maximum atomic E-state index is 12.5. The van der Waals surface area contributed by atoms with Gasteiger partial charge >= 0.3 is 0 Å². The Bertz CT molecular complexity index is 828. The Morgan fingerprint density at radius 1 is 1.14 bits per heavy atom. The van der Waals surface area contributed by atoms with Gasteiger partial charge in [-0.15, -0.1) is 5.10 Å². The molecule has 0 bridgehead atoms. The fraction of sp³-hybridized carbons (Fsp3) is 0.308. The second kappa shape index (κ2) is 5.10. The highest BCUT2D eigenvalue weighted by Gasteiger charge is 2.16. The summed E-state index contributed by atoms with van der Waals surface area (Å²) in [6.07, 6.45) is 8.52. The van der Waals surface area contributed by atoms with Gasteiger partial charge < -0.3 is 4.90 Å². The number of H-pyrrole nitrogens is 1. The number of aromatic nitrogens is 7. The van der Waals surface area contributed by atoms with Gasteiger partial charge in [-0.05, 0) is 12.8 Å². The number of nitrogens with one attached hydrogen (secondary N) is 1. The lowest BCUT2D eigenvalue weighted by Gasteiger charge is -2.16. The van der Waals surface area contributed by atoms with Crippen molar-refractivity contribution in [1.29, 1.82) is 0 Å². The summed E-state index contributed by atoms with van der Waals surface area (Å²) in [5, 5.41) is 10.4. The molecule has 1 aliphatic rings. The lowest BCUT2D eigenvalue weighted by atomic mass is 10.4. The van der Waals surface area contributed by atoms with Crippen molar-refractivity contribution >= 4 is 5.82 Å². The zero-order valence-electron chi connectivity index (χ0n) is 11.8. The van der Waals surface area contributed by atoms with Crippen LogP contribution >= 0.6 is 0 Å². The summed E-state index contributed by atoms with van der Waals surface area (Å²) in [6, 6.07) is 1.81. The average Bonchev–Trinajstić information content (AvgIpc) is 3.29. The second-order valence-electron chi connectivity index (χ2n) is 5.08. The van der Waals surface area contributed by atoms with Gasteiger partial charge in [0.25, 0.3) is 5.56 Å². The van der Waals surface area contributed by atoms with E-state index in [0.717, 1.165) is 31.7 Å². The molecule has 0 spiro atoms. The molecule has 3 aromatic heterocycles. The molecule has 9 heteroatoms. The van der Waals surface area contributed by atoms with E-state index in [1.165, 1.54) is 21.9 Å². The predicted octanol–water partition coefficient (Wildman–Crippen LogP) is 0.136. The van der Waals surface area contributed by atoms with Crippen molar-refractivity contribution in [2.45, 2.75) is 12.8 Å². The fourth-order valence-electron chi connectivity index (χ4n) is 2.61. The Hall–Kier alpha value is -2.97. The van der Waals surface area contributed by atoms with Gasteiger partial charge in [-0.3, -0.25) is 9.89 Å². The molecule has 112 valence electrons. The highest BCUT2D eigenvalue weighted by Crippen LogP contribution is 2.18. The van der Waals surface area contributed by atoms with Crippen LogP contribution in [-0.4, -0.2) is 47.8 Å². The number of nitrogens with zero attached hydrogens (tertiary/aromatic N) is 7. The average molecular weight is 298 g/mol. The number of hydrogen-bond acceptors (Lipinski definition) is 6. The standard InChI is InChI=1S/C13H14N8O/c22-13-10(20-6-3-16-18-20)8-17-21(13)12-7-11(14-9-15-12)19-4-1-2-5-19/h3,6-9,17H,1-2,4-5H2. The summed E-state index contributed by atoms with van der Waals surface area (Å²) >= 11 is 0. The van der Waals surface area contributed by atoms with Crippen molar-refractivity contribution in [1.82, 2.24) is 34.7 Å². The Balaban J connectivity index is 1.73. The summed E-state index contributed by atoms with van der Waals surface area (Å²) in [5.41, 5.74) is 0.149. The molecule has 9 nitrogen and oxygen atoms in total. The van der Waals surface area contributed by atoms with E-state index < -0.39 is 0 Å². The molecule has 1 saturated heterocycles. The normalized spacial score (nSPS) is 14.6. The predicted molar refractivity (Wildman–Crippen MR) is 78.3 cm³/mol. The van der Waals surface area contributed by atoms with Crippen molar-refractivity contribution in [2.75, 3.05) is 18.0 Å². The summed E-state index contributed by atoms with van der Waals surface area (Å²) in [5.74, 6) is 1.35. The lowest BCUT2D eigenvalue weighted by molar-refractivity contribution is 0.782. The molecule has 22 heavy (non-hydrogen) atoms. The first kappa shape index (κ1) is 12.7. The van der Waals surface area contributed by atoms with Crippen LogP contribution in [0.2, 0.25) is 0 Å². The van der Waals surface area contributed by atoms with Crippen molar-refractivity contribution in [3.05, 3.63) is 41.3 Å². The van der Waals surface area contributed by atoms with E-state index in [0.29, 0.717) is 11.5 Å². The number of anilines is 1. The largest absolute Gasteiger partial charge is 0.356 e. The zero-order valence-corrected chi connectivity index (χ0v) is 11.8. The SMILES string of the molecule is O=c1c(-n2ccnn2)c[nH]n1-c1cc(N2CCCC2)ncn1. The molecule has 1 N–H and O–H groups in total. The molecule has 0 amide bonds. The minimum Gasteiger partial charge on any atom is -0.356 e. The van der Waals surface area contributed by atoms with Crippen LogP contribution in [0.5, 0.6) is 0 Å². The minimum atomic E-state index is -0.239. The van der Waals surface area contributed by atoms with Gasteiger partial charge in [0.2, 0.25) is 0 Å². The van der Waals surface area contributed by atoms with E-state index in [4.69, 9.17) is 0 Å². The highest BCUT2D eigenvalue weighted by molar-refractivity contribution is 5.44. The highest BCUT2D eigenvalue weighted by atomic mass is 16.1. The van der Waals surface area contributed by atoms with Gasteiger partial charge in [0.1, 0.15) is 12.1 Å². The van der Waals surface area contributed by atoms with Gasteiger partial charge in [-0.1, -0.05) is 5.21 Å². The molecule has 0 radical (unpaired) electrons. The lowest BCUT2D eigenvalue weighted by Crippen LogP contribution is -2.22. The topological polar surface area (TPSA) is 97.5 Å². The van der Waals surface area contributed by atoms with Crippen LogP contribution in [-0.2, 0) is 0 Å². The first-order valence-electron chi connectivity index (χ1n) is 7.07. The quantitative estimate of drug-likeness (QED) is 0.738. The van der Waals surface area contributed by atoms with Crippen LogP contribution in [0.15, 0.2) is 35.8 Å². The number of aromatic amines is 1. The summed E-state index contributed by atoms with van der Waals surface area (Å²) < 4.78 is 2.79. The molecule has 3 aromatic rings.